The number of benzene rings is 1. The zero-order chi connectivity index (χ0) is 15.5. The molecule has 118 valence electrons. The van der Waals surface area contributed by atoms with Gasteiger partial charge in [0.25, 0.3) is 5.91 Å². The Kier molecular flexibility index (Phi) is 4.32. The molecule has 5 nitrogen and oxygen atoms in total. The predicted molar refractivity (Wildman–Crippen MR) is 83.9 cm³/mol. The van der Waals surface area contributed by atoms with Crippen LogP contribution in [0.3, 0.4) is 0 Å². The molecule has 2 aliphatic rings. The van der Waals surface area contributed by atoms with E-state index < -0.39 is 6.10 Å². The molecule has 22 heavy (non-hydrogen) atoms. The highest BCUT2D eigenvalue weighted by atomic mass is 16.5. The second-order valence-electron chi connectivity index (χ2n) is 5.97. The Morgan fingerprint density at radius 3 is 2.59 bits per heavy atom. The lowest BCUT2D eigenvalue weighted by atomic mass is 10.1. The van der Waals surface area contributed by atoms with Crippen molar-refractivity contribution in [3.8, 4) is 5.75 Å². The first kappa shape index (κ1) is 14.9. The average molecular weight is 302 g/mol. The van der Waals surface area contributed by atoms with Gasteiger partial charge in [0.05, 0.1) is 12.1 Å². The molecule has 0 N–H and O–H groups in total. The summed E-state index contributed by atoms with van der Waals surface area (Å²) in [5, 5.41) is 0. The molecule has 5 heteroatoms. The zero-order valence-electron chi connectivity index (χ0n) is 13.0. The van der Waals surface area contributed by atoms with Crippen LogP contribution in [0.5, 0.6) is 5.75 Å². The molecule has 1 atom stereocenters. The smallest absolute Gasteiger partial charge is 0.268 e. The molecular formula is C17H22N2O3. The van der Waals surface area contributed by atoms with Crippen molar-refractivity contribution in [2.45, 2.75) is 38.2 Å². The molecule has 1 aromatic carbocycles. The summed E-state index contributed by atoms with van der Waals surface area (Å²) in [7, 11) is 1.73. The summed E-state index contributed by atoms with van der Waals surface area (Å²) in [6.07, 6.45) is 3.87. The van der Waals surface area contributed by atoms with Crippen molar-refractivity contribution < 1.29 is 14.3 Å². The summed E-state index contributed by atoms with van der Waals surface area (Å²) in [6, 6.07) is 7.42. The highest BCUT2D eigenvalue weighted by Gasteiger charge is 2.34. The minimum Gasteiger partial charge on any atom is -0.478 e. The van der Waals surface area contributed by atoms with Crippen LogP contribution in [0.25, 0.3) is 0 Å². The summed E-state index contributed by atoms with van der Waals surface area (Å²) < 4.78 is 5.77. The van der Waals surface area contributed by atoms with Gasteiger partial charge >= 0.3 is 0 Å². The lowest BCUT2D eigenvalue weighted by Gasteiger charge is -2.32. The van der Waals surface area contributed by atoms with E-state index in [0.29, 0.717) is 5.75 Å². The topological polar surface area (TPSA) is 49.9 Å². The molecule has 3 rings (SSSR count). The molecule has 1 aromatic rings. The van der Waals surface area contributed by atoms with E-state index in [-0.39, 0.29) is 18.2 Å². The average Bonchev–Trinajstić information content (AvgIpc) is 2.81. The second kappa shape index (κ2) is 6.38. The Hall–Kier alpha value is -2.04. The van der Waals surface area contributed by atoms with E-state index in [0.717, 1.165) is 31.6 Å². The molecule has 1 saturated heterocycles. The fraction of sp³-hybridized carbons (Fsp3) is 0.529. The van der Waals surface area contributed by atoms with Crippen LogP contribution in [0.2, 0.25) is 0 Å². The number of hydrogen-bond acceptors (Lipinski definition) is 3. The van der Waals surface area contributed by atoms with Crippen molar-refractivity contribution in [1.29, 1.82) is 0 Å². The number of rotatable bonds is 2. The molecule has 1 unspecified atom stereocenters. The maximum Gasteiger partial charge on any atom is 0.268 e. The van der Waals surface area contributed by atoms with Crippen molar-refractivity contribution in [3.05, 3.63) is 24.3 Å². The number of anilines is 1. The highest BCUT2D eigenvalue weighted by Crippen LogP contribution is 2.33. The van der Waals surface area contributed by atoms with Gasteiger partial charge in [-0.2, -0.15) is 0 Å². The van der Waals surface area contributed by atoms with E-state index >= 15 is 0 Å². The first-order chi connectivity index (χ1) is 10.7. The maximum absolute atomic E-state index is 12.5. The Morgan fingerprint density at radius 2 is 1.86 bits per heavy atom. The SMILES string of the molecule is CN1C(=O)C(CC(=O)N2CCCCCC2)Oc2ccccc21. The Balaban J connectivity index is 1.70. The van der Waals surface area contributed by atoms with Crippen molar-refractivity contribution in [1.82, 2.24) is 4.90 Å². The third-order valence-electron chi connectivity index (χ3n) is 4.42. The van der Waals surface area contributed by atoms with Crippen LogP contribution in [-0.2, 0) is 9.59 Å². The number of amides is 2. The molecular weight excluding hydrogens is 280 g/mol. The molecule has 0 radical (unpaired) electrons. The maximum atomic E-state index is 12.5. The highest BCUT2D eigenvalue weighted by molar-refractivity contribution is 6.01. The molecule has 2 heterocycles. The summed E-state index contributed by atoms with van der Waals surface area (Å²) in [5.41, 5.74) is 0.756. The second-order valence-corrected chi connectivity index (χ2v) is 5.97. The van der Waals surface area contributed by atoms with Crippen LogP contribution in [0, 0.1) is 0 Å². The van der Waals surface area contributed by atoms with Crippen LogP contribution in [0.4, 0.5) is 5.69 Å². The van der Waals surface area contributed by atoms with Crippen LogP contribution >= 0.6 is 0 Å². The van der Waals surface area contributed by atoms with Crippen molar-refractivity contribution >= 4 is 17.5 Å². The van der Waals surface area contributed by atoms with Gasteiger partial charge in [0.1, 0.15) is 5.75 Å². The third kappa shape index (κ3) is 2.93. The van der Waals surface area contributed by atoms with E-state index in [1.807, 2.05) is 29.2 Å². The van der Waals surface area contributed by atoms with Gasteiger partial charge in [-0.3, -0.25) is 9.59 Å². The van der Waals surface area contributed by atoms with E-state index in [9.17, 15) is 9.59 Å². The van der Waals surface area contributed by atoms with Gasteiger partial charge in [0.15, 0.2) is 6.10 Å². The largest absolute Gasteiger partial charge is 0.478 e. The number of ether oxygens (including phenoxy) is 1. The summed E-state index contributed by atoms with van der Waals surface area (Å²) in [6.45, 7) is 1.60. The van der Waals surface area contributed by atoms with Crippen molar-refractivity contribution in [3.63, 3.8) is 0 Å². The van der Waals surface area contributed by atoms with E-state index in [1.54, 1.807) is 11.9 Å². The standard InChI is InChI=1S/C17H22N2O3/c1-18-13-8-4-5-9-14(13)22-15(17(18)21)12-16(20)19-10-6-2-3-7-11-19/h4-5,8-9,15H,2-3,6-7,10-12H2,1H3. The Bertz CT molecular complexity index is 565. The third-order valence-corrected chi connectivity index (χ3v) is 4.42. The van der Waals surface area contributed by atoms with Gasteiger partial charge in [0, 0.05) is 20.1 Å². The Morgan fingerprint density at radius 1 is 1.18 bits per heavy atom. The Labute approximate surface area is 130 Å². The molecule has 2 aliphatic heterocycles. The van der Waals surface area contributed by atoms with Gasteiger partial charge in [-0.25, -0.2) is 0 Å². The van der Waals surface area contributed by atoms with Gasteiger partial charge in [-0.15, -0.1) is 0 Å². The molecule has 0 bridgehead atoms. The number of para-hydroxylation sites is 2. The number of carbonyl (C=O) groups excluding carboxylic acids is 2. The summed E-state index contributed by atoms with van der Waals surface area (Å²) in [5.74, 6) is 0.535. The van der Waals surface area contributed by atoms with E-state index in [4.69, 9.17) is 4.74 Å². The van der Waals surface area contributed by atoms with E-state index in [1.165, 1.54) is 12.8 Å². The molecule has 0 spiro atoms. The monoisotopic (exact) mass is 302 g/mol. The first-order valence-corrected chi connectivity index (χ1v) is 7.98. The number of hydrogen-bond donors (Lipinski definition) is 0. The normalized spacial score (nSPS) is 21.9. The molecule has 0 aromatic heterocycles. The van der Waals surface area contributed by atoms with Crippen LogP contribution < -0.4 is 9.64 Å². The lowest BCUT2D eigenvalue weighted by molar-refractivity contribution is -0.137. The molecule has 2 amide bonds. The fourth-order valence-electron chi connectivity index (χ4n) is 3.11. The quantitative estimate of drug-likeness (QED) is 0.841. The zero-order valence-corrected chi connectivity index (χ0v) is 13.0. The number of fused-ring (bicyclic) bond motifs is 1. The van der Waals surface area contributed by atoms with E-state index in [2.05, 4.69) is 0 Å². The number of carbonyl (C=O) groups is 2. The summed E-state index contributed by atoms with van der Waals surface area (Å²) in [4.78, 5) is 28.3. The van der Waals surface area contributed by atoms with Gasteiger partial charge in [-0.1, -0.05) is 25.0 Å². The molecule has 0 aliphatic carbocycles. The minimum atomic E-state index is -0.712. The number of likely N-dealkylation sites (tertiary alicyclic amines) is 1. The number of nitrogens with zero attached hydrogens (tertiary/aromatic N) is 2. The summed E-state index contributed by atoms with van der Waals surface area (Å²) >= 11 is 0. The minimum absolute atomic E-state index is 0.0213. The van der Waals surface area contributed by atoms with Gasteiger partial charge in [-0.05, 0) is 25.0 Å². The fourth-order valence-corrected chi connectivity index (χ4v) is 3.11. The van der Waals surface area contributed by atoms with Crippen molar-refractivity contribution in [2.24, 2.45) is 0 Å². The van der Waals surface area contributed by atoms with Crippen molar-refractivity contribution in [2.75, 3.05) is 25.0 Å². The van der Waals surface area contributed by atoms with Crippen LogP contribution in [-0.4, -0.2) is 43.0 Å². The first-order valence-electron chi connectivity index (χ1n) is 7.98. The van der Waals surface area contributed by atoms with Crippen LogP contribution in [0.15, 0.2) is 24.3 Å². The lowest BCUT2D eigenvalue weighted by Crippen LogP contribution is -2.46. The van der Waals surface area contributed by atoms with Gasteiger partial charge < -0.3 is 14.5 Å². The molecule has 0 saturated carbocycles. The predicted octanol–water partition coefficient (Wildman–Crippen LogP) is 2.20. The van der Waals surface area contributed by atoms with Gasteiger partial charge in [0.2, 0.25) is 5.91 Å². The van der Waals surface area contributed by atoms with Crippen LogP contribution in [0.1, 0.15) is 32.1 Å². The number of likely N-dealkylation sites (N-methyl/N-ethyl adjacent to an activating group) is 1. The molecule has 1 fully saturated rings.